The van der Waals surface area contributed by atoms with Gasteiger partial charge in [0.1, 0.15) is 0 Å². The second-order valence-corrected chi connectivity index (χ2v) is 8.05. The Morgan fingerprint density at radius 1 is 1.42 bits per heavy atom. The summed E-state index contributed by atoms with van der Waals surface area (Å²) in [6, 6.07) is 8.77. The third-order valence-electron chi connectivity index (χ3n) is 2.84. The summed E-state index contributed by atoms with van der Waals surface area (Å²) in [6.45, 7) is 5.09. The number of rotatable bonds is 4. The van der Waals surface area contributed by atoms with Gasteiger partial charge in [0.15, 0.2) is 0 Å². The highest BCUT2D eigenvalue weighted by Crippen LogP contribution is 2.36. The van der Waals surface area contributed by atoms with Crippen molar-refractivity contribution in [2.75, 3.05) is 6.54 Å². The van der Waals surface area contributed by atoms with E-state index in [4.69, 9.17) is 11.6 Å². The van der Waals surface area contributed by atoms with Crippen LogP contribution in [-0.4, -0.2) is 6.54 Å². The largest absolute Gasteiger partial charge is 0.306 e. The second-order valence-electron chi connectivity index (χ2n) is 4.26. The van der Waals surface area contributed by atoms with E-state index in [1.807, 2.05) is 0 Å². The van der Waals surface area contributed by atoms with E-state index in [0.29, 0.717) is 0 Å². The van der Waals surface area contributed by atoms with Crippen LogP contribution in [0, 0.1) is 10.5 Å². The van der Waals surface area contributed by atoms with Gasteiger partial charge in [-0.15, -0.1) is 11.3 Å². The first-order valence-electron chi connectivity index (χ1n) is 5.97. The number of hydrogen-bond donors (Lipinski definition) is 1. The molecule has 0 saturated carbocycles. The molecule has 5 heteroatoms. The molecule has 102 valence electrons. The van der Waals surface area contributed by atoms with Crippen LogP contribution in [0.4, 0.5) is 0 Å². The van der Waals surface area contributed by atoms with Crippen LogP contribution >= 0.6 is 61.5 Å². The van der Waals surface area contributed by atoms with Crippen molar-refractivity contribution in [1.82, 2.24) is 5.32 Å². The molecule has 0 radical (unpaired) electrons. The third kappa shape index (κ3) is 3.73. The van der Waals surface area contributed by atoms with Crippen molar-refractivity contribution < 1.29 is 0 Å². The molecule has 0 bridgehead atoms. The molecule has 0 aliphatic rings. The number of nitrogens with one attached hydrogen (secondary N) is 1. The molecule has 1 atom stereocenters. The molecule has 1 heterocycles. The third-order valence-corrected chi connectivity index (χ3v) is 5.85. The molecule has 0 amide bonds. The minimum atomic E-state index is 0.185. The van der Waals surface area contributed by atoms with E-state index in [1.165, 1.54) is 14.0 Å². The van der Waals surface area contributed by atoms with E-state index in [1.54, 1.807) is 11.3 Å². The van der Waals surface area contributed by atoms with Crippen LogP contribution in [0.2, 0.25) is 4.34 Å². The molecule has 1 aromatic heterocycles. The molecule has 0 aliphatic carbocycles. The second kappa shape index (κ2) is 6.89. The topological polar surface area (TPSA) is 12.0 Å². The molecule has 19 heavy (non-hydrogen) atoms. The fourth-order valence-electron chi connectivity index (χ4n) is 1.93. The molecule has 0 fully saturated rings. The summed E-state index contributed by atoms with van der Waals surface area (Å²) in [4.78, 5) is 1.26. The Bertz CT molecular complexity index is 565. The van der Waals surface area contributed by atoms with Crippen molar-refractivity contribution >= 4 is 61.5 Å². The van der Waals surface area contributed by atoms with Gasteiger partial charge in [0.2, 0.25) is 0 Å². The lowest BCUT2D eigenvalue weighted by molar-refractivity contribution is 0.637. The van der Waals surface area contributed by atoms with Crippen LogP contribution < -0.4 is 5.32 Å². The smallest absolute Gasteiger partial charge is 0.0961 e. The van der Waals surface area contributed by atoms with E-state index in [0.717, 1.165) is 20.9 Å². The maximum absolute atomic E-state index is 6.21. The summed E-state index contributed by atoms with van der Waals surface area (Å²) < 4.78 is 3.23. The molecular weight excluding hydrogens is 456 g/mol. The maximum atomic E-state index is 6.21. The number of thiophene rings is 1. The molecule has 1 N–H and O–H groups in total. The first-order valence-corrected chi connectivity index (χ1v) is 9.03. The zero-order valence-electron chi connectivity index (χ0n) is 10.6. The van der Waals surface area contributed by atoms with Crippen LogP contribution in [0.15, 0.2) is 28.7 Å². The van der Waals surface area contributed by atoms with Gasteiger partial charge < -0.3 is 5.32 Å². The normalized spacial score (nSPS) is 12.7. The van der Waals surface area contributed by atoms with Crippen molar-refractivity contribution in [1.29, 1.82) is 0 Å². The SMILES string of the molecule is CCNC(c1cc(C)c(Cl)s1)c1cc(I)ccc1Br. The lowest BCUT2D eigenvalue weighted by Gasteiger charge is -2.18. The highest BCUT2D eigenvalue weighted by molar-refractivity contribution is 14.1. The lowest BCUT2D eigenvalue weighted by atomic mass is 10.0. The zero-order chi connectivity index (χ0) is 14.0. The minimum absolute atomic E-state index is 0.185. The number of benzene rings is 1. The van der Waals surface area contributed by atoms with Gasteiger partial charge in [0.05, 0.1) is 10.4 Å². The predicted octanol–water partition coefficient (Wildman–Crippen LogP) is 5.78. The average Bonchev–Trinajstić information content (AvgIpc) is 2.70. The Balaban J connectivity index is 2.47. The molecule has 1 unspecified atom stereocenters. The Hall–Kier alpha value is 0.380. The van der Waals surface area contributed by atoms with Crippen LogP contribution in [0.3, 0.4) is 0 Å². The molecule has 0 saturated heterocycles. The first kappa shape index (κ1) is 15.8. The number of halogens is 3. The first-order chi connectivity index (χ1) is 9.02. The summed E-state index contributed by atoms with van der Waals surface area (Å²) in [5.74, 6) is 0. The number of aryl methyl sites for hydroxylation is 1. The molecule has 0 aliphatic heterocycles. The van der Waals surface area contributed by atoms with Crippen molar-refractivity contribution in [3.63, 3.8) is 0 Å². The Labute approximate surface area is 145 Å². The summed E-state index contributed by atoms with van der Waals surface area (Å²) in [5.41, 5.74) is 2.40. The highest BCUT2D eigenvalue weighted by atomic mass is 127. The van der Waals surface area contributed by atoms with Crippen LogP contribution in [0.1, 0.15) is 29.0 Å². The van der Waals surface area contributed by atoms with Gasteiger partial charge in [0.25, 0.3) is 0 Å². The molecule has 1 aromatic carbocycles. The van der Waals surface area contributed by atoms with Crippen molar-refractivity contribution in [2.24, 2.45) is 0 Å². The van der Waals surface area contributed by atoms with E-state index in [-0.39, 0.29) is 6.04 Å². The molecule has 1 nitrogen and oxygen atoms in total. The molecule has 2 rings (SSSR count). The van der Waals surface area contributed by atoms with Gasteiger partial charge >= 0.3 is 0 Å². The van der Waals surface area contributed by atoms with Crippen LogP contribution in [0.5, 0.6) is 0 Å². The zero-order valence-corrected chi connectivity index (χ0v) is 16.0. The van der Waals surface area contributed by atoms with E-state index >= 15 is 0 Å². The van der Waals surface area contributed by atoms with Gasteiger partial charge in [-0.25, -0.2) is 0 Å². The quantitative estimate of drug-likeness (QED) is 0.559. The lowest BCUT2D eigenvalue weighted by Crippen LogP contribution is -2.21. The summed E-state index contributed by atoms with van der Waals surface area (Å²) >= 11 is 13.9. The van der Waals surface area contributed by atoms with Crippen molar-refractivity contribution in [3.8, 4) is 0 Å². The highest BCUT2D eigenvalue weighted by Gasteiger charge is 2.19. The van der Waals surface area contributed by atoms with Crippen LogP contribution in [0.25, 0.3) is 0 Å². The number of hydrogen-bond acceptors (Lipinski definition) is 2. The Morgan fingerprint density at radius 2 is 2.16 bits per heavy atom. The maximum Gasteiger partial charge on any atom is 0.0961 e. The van der Waals surface area contributed by atoms with E-state index in [2.05, 4.69) is 82.0 Å². The van der Waals surface area contributed by atoms with Gasteiger partial charge in [-0.1, -0.05) is 34.5 Å². The molecule has 2 aromatic rings. The predicted molar refractivity (Wildman–Crippen MR) is 96.4 cm³/mol. The summed E-state index contributed by atoms with van der Waals surface area (Å²) in [5, 5.41) is 3.54. The fourth-order valence-corrected chi connectivity index (χ4v) is 4.23. The fraction of sp³-hybridized carbons (Fsp3) is 0.286. The Kier molecular flexibility index (Phi) is 5.72. The summed E-state index contributed by atoms with van der Waals surface area (Å²) in [7, 11) is 0. The van der Waals surface area contributed by atoms with E-state index < -0.39 is 0 Å². The van der Waals surface area contributed by atoms with Gasteiger partial charge in [0, 0.05) is 12.9 Å². The average molecular weight is 471 g/mol. The summed E-state index contributed by atoms with van der Waals surface area (Å²) in [6.07, 6.45) is 0. The minimum Gasteiger partial charge on any atom is -0.306 e. The monoisotopic (exact) mass is 469 g/mol. The van der Waals surface area contributed by atoms with Crippen molar-refractivity contribution in [3.05, 3.63) is 52.6 Å². The Morgan fingerprint density at radius 3 is 2.74 bits per heavy atom. The van der Waals surface area contributed by atoms with Gasteiger partial charge in [-0.2, -0.15) is 0 Å². The molecular formula is C14H14BrClINS. The van der Waals surface area contributed by atoms with E-state index in [9.17, 15) is 0 Å². The van der Waals surface area contributed by atoms with Gasteiger partial charge in [-0.05, 0) is 71.5 Å². The molecule has 0 spiro atoms. The standard InChI is InChI=1S/C14H14BrClINS/c1-3-18-13(12-6-8(2)14(16)19-12)10-7-9(17)4-5-11(10)15/h4-7,13,18H,3H2,1-2H3. The van der Waals surface area contributed by atoms with Gasteiger partial charge in [-0.3, -0.25) is 0 Å². The van der Waals surface area contributed by atoms with Crippen LogP contribution in [-0.2, 0) is 0 Å². The van der Waals surface area contributed by atoms with Crippen molar-refractivity contribution in [2.45, 2.75) is 19.9 Å².